The predicted octanol–water partition coefficient (Wildman–Crippen LogP) is 3.46. The van der Waals surface area contributed by atoms with Crippen LogP contribution in [0.25, 0.3) is 0 Å². The van der Waals surface area contributed by atoms with E-state index in [1.165, 1.54) is 16.4 Å². The number of halogens is 1. The van der Waals surface area contributed by atoms with E-state index in [1.807, 2.05) is 11.8 Å². The summed E-state index contributed by atoms with van der Waals surface area (Å²) in [6.45, 7) is 4.31. The zero-order valence-electron chi connectivity index (χ0n) is 20.2. The van der Waals surface area contributed by atoms with Gasteiger partial charge in [-0.3, -0.25) is 4.79 Å². The van der Waals surface area contributed by atoms with Crippen molar-refractivity contribution in [3.63, 3.8) is 0 Å². The van der Waals surface area contributed by atoms with Crippen LogP contribution in [-0.4, -0.2) is 70.6 Å². The quantitative estimate of drug-likeness (QED) is 0.541. The molecule has 0 spiro atoms. The highest BCUT2D eigenvalue weighted by Gasteiger charge is 2.29. The van der Waals surface area contributed by atoms with Crippen molar-refractivity contribution in [1.29, 1.82) is 0 Å². The molecule has 0 aliphatic carbocycles. The van der Waals surface area contributed by atoms with Crippen LogP contribution in [0.2, 0.25) is 5.02 Å². The SMILES string of the molecule is Cc1ccc(NC(=O)COC(=O)c2cc(S(=O)(=O)N3CCCCC3)ccc2N2CCOCC2)c(Cl)c1. The summed E-state index contributed by atoms with van der Waals surface area (Å²) in [5.41, 5.74) is 1.99. The van der Waals surface area contributed by atoms with Crippen molar-refractivity contribution in [2.45, 2.75) is 31.1 Å². The number of piperidine rings is 1. The van der Waals surface area contributed by atoms with Crippen LogP contribution in [0.1, 0.15) is 35.2 Å². The smallest absolute Gasteiger partial charge is 0.340 e. The number of ether oxygens (including phenoxy) is 2. The third kappa shape index (κ3) is 6.18. The Morgan fingerprint density at radius 1 is 1.03 bits per heavy atom. The number of esters is 1. The highest BCUT2D eigenvalue weighted by Crippen LogP contribution is 2.29. The summed E-state index contributed by atoms with van der Waals surface area (Å²) in [6, 6.07) is 9.69. The molecule has 36 heavy (non-hydrogen) atoms. The number of hydrogen-bond donors (Lipinski definition) is 1. The molecular weight excluding hydrogens is 506 g/mol. The average molecular weight is 536 g/mol. The normalized spacial score (nSPS) is 17.0. The molecule has 1 N–H and O–H groups in total. The van der Waals surface area contributed by atoms with E-state index in [9.17, 15) is 18.0 Å². The highest BCUT2D eigenvalue weighted by molar-refractivity contribution is 7.89. The van der Waals surface area contributed by atoms with Gasteiger partial charge in [-0.25, -0.2) is 13.2 Å². The van der Waals surface area contributed by atoms with Gasteiger partial charge in [0, 0.05) is 26.2 Å². The molecule has 194 valence electrons. The van der Waals surface area contributed by atoms with Crippen LogP contribution in [0.15, 0.2) is 41.3 Å². The minimum atomic E-state index is -3.76. The Labute approximate surface area is 216 Å². The monoisotopic (exact) mass is 535 g/mol. The molecular formula is C25H30ClN3O6S. The molecule has 0 atom stereocenters. The number of morpholine rings is 1. The Hall–Kier alpha value is -2.66. The van der Waals surface area contributed by atoms with Crippen molar-refractivity contribution in [3.8, 4) is 0 Å². The molecule has 0 aromatic heterocycles. The van der Waals surface area contributed by atoms with Crippen molar-refractivity contribution in [2.75, 3.05) is 56.2 Å². The van der Waals surface area contributed by atoms with Gasteiger partial charge in [-0.15, -0.1) is 0 Å². The lowest BCUT2D eigenvalue weighted by molar-refractivity contribution is -0.119. The van der Waals surface area contributed by atoms with E-state index in [-0.39, 0.29) is 10.5 Å². The first kappa shape index (κ1) is 26.4. The van der Waals surface area contributed by atoms with E-state index in [0.717, 1.165) is 24.8 Å². The van der Waals surface area contributed by atoms with Gasteiger partial charge in [0.25, 0.3) is 5.91 Å². The zero-order valence-corrected chi connectivity index (χ0v) is 21.7. The number of aryl methyl sites for hydroxylation is 1. The number of amides is 1. The molecule has 2 aliphatic heterocycles. The Morgan fingerprint density at radius 3 is 2.44 bits per heavy atom. The van der Waals surface area contributed by atoms with Crippen LogP contribution in [0, 0.1) is 6.92 Å². The van der Waals surface area contributed by atoms with Crippen LogP contribution in [0.5, 0.6) is 0 Å². The van der Waals surface area contributed by atoms with E-state index in [2.05, 4.69) is 5.32 Å². The zero-order chi connectivity index (χ0) is 25.7. The van der Waals surface area contributed by atoms with Gasteiger partial charge < -0.3 is 19.7 Å². The molecule has 0 unspecified atom stereocenters. The molecule has 1 amide bonds. The molecule has 2 aliphatic rings. The van der Waals surface area contributed by atoms with Gasteiger partial charge in [0.15, 0.2) is 6.61 Å². The number of nitrogens with zero attached hydrogens (tertiary/aromatic N) is 2. The van der Waals surface area contributed by atoms with Crippen LogP contribution in [0.3, 0.4) is 0 Å². The minimum absolute atomic E-state index is 0.0317. The largest absolute Gasteiger partial charge is 0.452 e. The molecule has 0 radical (unpaired) electrons. The minimum Gasteiger partial charge on any atom is -0.452 e. The number of carbonyl (C=O) groups excluding carboxylic acids is 2. The first-order valence-electron chi connectivity index (χ1n) is 12.0. The third-order valence-electron chi connectivity index (χ3n) is 6.23. The number of anilines is 2. The molecule has 4 rings (SSSR count). The summed E-state index contributed by atoms with van der Waals surface area (Å²) in [4.78, 5) is 27.5. The van der Waals surface area contributed by atoms with E-state index in [4.69, 9.17) is 21.1 Å². The second-order valence-corrected chi connectivity index (χ2v) is 11.2. The second kappa shape index (κ2) is 11.6. The Morgan fingerprint density at radius 2 is 1.75 bits per heavy atom. The summed E-state index contributed by atoms with van der Waals surface area (Å²) in [6.07, 6.45) is 2.61. The molecule has 11 heteroatoms. The fourth-order valence-corrected chi connectivity index (χ4v) is 6.12. The first-order valence-corrected chi connectivity index (χ1v) is 13.8. The summed E-state index contributed by atoms with van der Waals surface area (Å²) in [5, 5.41) is 3.00. The standard InChI is InChI=1S/C25H30ClN3O6S/c1-18-5-7-22(21(26)15-18)27-24(30)17-35-25(31)20-16-19(36(32,33)29-9-3-2-4-10-29)6-8-23(20)28-11-13-34-14-12-28/h5-8,15-16H,2-4,9-14,17H2,1H3,(H,27,30). The predicted molar refractivity (Wildman–Crippen MR) is 137 cm³/mol. The fraction of sp³-hybridized carbons (Fsp3) is 0.440. The summed E-state index contributed by atoms with van der Waals surface area (Å²) in [5.74, 6) is -1.34. The molecule has 2 aromatic carbocycles. The lowest BCUT2D eigenvalue weighted by atomic mass is 10.1. The second-order valence-electron chi connectivity index (χ2n) is 8.85. The maximum atomic E-state index is 13.2. The van der Waals surface area contributed by atoms with Crippen LogP contribution < -0.4 is 10.2 Å². The molecule has 9 nitrogen and oxygen atoms in total. The average Bonchev–Trinajstić information content (AvgIpc) is 2.89. The molecule has 2 fully saturated rings. The van der Waals surface area contributed by atoms with Gasteiger partial charge in [-0.1, -0.05) is 24.1 Å². The lowest BCUT2D eigenvalue weighted by Crippen LogP contribution is -2.38. The molecule has 2 saturated heterocycles. The van der Waals surface area contributed by atoms with E-state index >= 15 is 0 Å². The van der Waals surface area contributed by atoms with Gasteiger partial charge in [0.1, 0.15) is 0 Å². The topological polar surface area (TPSA) is 105 Å². The van der Waals surface area contributed by atoms with Gasteiger partial charge >= 0.3 is 5.97 Å². The van der Waals surface area contributed by atoms with Crippen molar-refractivity contribution in [1.82, 2.24) is 4.31 Å². The number of benzene rings is 2. The van der Waals surface area contributed by atoms with Crippen LogP contribution in [0.4, 0.5) is 11.4 Å². The van der Waals surface area contributed by atoms with Crippen LogP contribution in [-0.2, 0) is 24.3 Å². The number of sulfonamides is 1. The van der Waals surface area contributed by atoms with E-state index < -0.39 is 28.5 Å². The van der Waals surface area contributed by atoms with Crippen molar-refractivity contribution in [3.05, 3.63) is 52.5 Å². The molecule has 2 aromatic rings. The Balaban J connectivity index is 1.54. The Bertz CT molecular complexity index is 1220. The van der Waals surface area contributed by atoms with Gasteiger partial charge in [-0.2, -0.15) is 4.31 Å². The van der Waals surface area contributed by atoms with Crippen molar-refractivity contribution >= 4 is 44.9 Å². The van der Waals surface area contributed by atoms with Gasteiger partial charge in [0.05, 0.1) is 40.1 Å². The van der Waals surface area contributed by atoms with Gasteiger partial charge in [-0.05, 0) is 55.7 Å². The van der Waals surface area contributed by atoms with E-state index in [1.54, 1.807) is 24.3 Å². The van der Waals surface area contributed by atoms with Crippen LogP contribution >= 0.6 is 11.6 Å². The molecule has 2 heterocycles. The van der Waals surface area contributed by atoms with Crippen molar-refractivity contribution in [2.24, 2.45) is 0 Å². The van der Waals surface area contributed by atoms with Gasteiger partial charge in [0.2, 0.25) is 10.0 Å². The summed E-state index contributed by atoms with van der Waals surface area (Å²) >= 11 is 6.16. The first-order chi connectivity index (χ1) is 17.3. The fourth-order valence-electron chi connectivity index (χ4n) is 4.29. The third-order valence-corrected chi connectivity index (χ3v) is 8.43. The van der Waals surface area contributed by atoms with Crippen molar-refractivity contribution < 1.29 is 27.5 Å². The number of rotatable bonds is 7. The number of nitrogens with one attached hydrogen (secondary N) is 1. The molecule has 0 bridgehead atoms. The van der Waals surface area contributed by atoms with E-state index in [0.29, 0.717) is 55.8 Å². The highest BCUT2D eigenvalue weighted by atomic mass is 35.5. The molecule has 0 saturated carbocycles. The number of carbonyl (C=O) groups is 2. The summed E-state index contributed by atoms with van der Waals surface area (Å²) < 4.78 is 38.6. The maximum Gasteiger partial charge on any atom is 0.340 e. The maximum absolute atomic E-state index is 13.2. The Kier molecular flexibility index (Phi) is 8.50. The number of hydrogen-bond acceptors (Lipinski definition) is 7. The summed E-state index contributed by atoms with van der Waals surface area (Å²) in [7, 11) is -3.76. The lowest BCUT2D eigenvalue weighted by Gasteiger charge is -2.31.